The van der Waals surface area contributed by atoms with E-state index in [1.165, 1.54) is 0 Å². The Morgan fingerprint density at radius 1 is 1.05 bits per heavy atom. The largest absolute Gasteiger partial charge is 0.389 e. The number of aliphatic hydroxyl groups excluding tert-OH is 1. The number of hydrogen-bond donors (Lipinski definition) is 2. The second kappa shape index (κ2) is 8.25. The number of benzene rings is 2. The summed E-state index contributed by atoms with van der Waals surface area (Å²) in [5.41, 5.74) is 1.90. The van der Waals surface area contributed by atoms with Gasteiger partial charge < -0.3 is 15.2 Å². The molecule has 0 spiro atoms. The van der Waals surface area contributed by atoms with Gasteiger partial charge in [0.1, 0.15) is 0 Å². The van der Waals surface area contributed by atoms with Crippen LogP contribution in [0.25, 0.3) is 0 Å². The molecule has 0 saturated heterocycles. The summed E-state index contributed by atoms with van der Waals surface area (Å²) in [6.45, 7) is 1.14. The molecule has 0 aliphatic heterocycles. The zero-order chi connectivity index (χ0) is 15.1. The molecule has 2 N–H and O–H groups in total. The van der Waals surface area contributed by atoms with E-state index in [4.69, 9.17) is 27.9 Å². The van der Waals surface area contributed by atoms with Crippen LogP contribution < -0.4 is 5.32 Å². The van der Waals surface area contributed by atoms with Crippen molar-refractivity contribution in [1.29, 1.82) is 0 Å². The van der Waals surface area contributed by atoms with Gasteiger partial charge in [-0.3, -0.25) is 0 Å². The minimum absolute atomic E-state index is 0.267. The Morgan fingerprint density at radius 3 is 2.52 bits per heavy atom. The van der Waals surface area contributed by atoms with Gasteiger partial charge in [0.25, 0.3) is 0 Å². The van der Waals surface area contributed by atoms with Crippen molar-refractivity contribution in [1.82, 2.24) is 0 Å². The Morgan fingerprint density at radius 2 is 1.81 bits per heavy atom. The molecule has 0 radical (unpaired) electrons. The van der Waals surface area contributed by atoms with E-state index in [2.05, 4.69) is 5.32 Å². The lowest BCUT2D eigenvalue weighted by Crippen LogP contribution is -2.24. The third kappa shape index (κ3) is 5.56. The lowest BCUT2D eigenvalue weighted by atomic mass is 10.2. The molecule has 2 rings (SSSR count). The van der Waals surface area contributed by atoms with Crippen molar-refractivity contribution in [2.24, 2.45) is 0 Å². The topological polar surface area (TPSA) is 41.5 Å². The summed E-state index contributed by atoms with van der Waals surface area (Å²) in [5.74, 6) is 0. The monoisotopic (exact) mass is 325 g/mol. The standard InChI is InChI=1S/C16H17Cl2NO2/c17-15-7-6-13(8-16(15)18)19-9-14(20)11-21-10-12-4-2-1-3-5-12/h1-8,14,19-20H,9-11H2. The maximum absolute atomic E-state index is 9.87. The smallest absolute Gasteiger partial charge is 0.0945 e. The molecule has 1 unspecified atom stereocenters. The Kier molecular flexibility index (Phi) is 6.33. The number of halogens is 2. The van der Waals surface area contributed by atoms with Crippen LogP contribution in [0.4, 0.5) is 5.69 Å². The van der Waals surface area contributed by atoms with E-state index in [0.717, 1.165) is 11.3 Å². The molecule has 5 heteroatoms. The first-order chi connectivity index (χ1) is 10.1. The molecule has 0 heterocycles. The Hall–Kier alpha value is -1.26. The molecule has 0 bridgehead atoms. The van der Waals surface area contributed by atoms with Crippen molar-refractivity contribution >= 4 is 28.9 Å². The van der Waals surface area contributed by atoms with E-state index in [0.29, 0.717) is 23.2 Å². The van der Waals surface area contributed by atoms with E-state index < -0.39 is 6.10 Å². The van der Waals surface area contributed by atoms with Crippen LogP contribution in [0, 0.1) is 0 Å². The van der Waals surface area contributed by atoms with Gasteiger partial charge in [0.15, 0.2) is 0 Å². The summed E-state index contributed by atoms with van der Waals surface area (Å²) in [5, 5.41) is 13.9. The van der Waals surface area contributed by atoms with Gasteiger partial charge in [0.05, 0.1) is 29.4 Å². The summed E-state index contributed by atoms with van der Waals surface area (Å²) in [4.78, 5) is 0. The molecule has 0 aliphatic carbocycles. The fourth-order valence-electron chi connectivity index (χ4n) is 1.79. The maximum Gasteiger partial charge on any atom is 0.0945 e. The number of anilines is 1. The maximum atomic E-state index is 9.87. The first-order valence-corrected chi connectivity index (χ1v) is 7.39. The third-order valence-corrected chi connectivity index (χ3v) is 3.62. The molecule has 3 nitrogen and oxygen atoms in total. The SMILES string of the molecule is OC(CNc1ccc(Cl)c(Cl)c1)COCc1ccccc1. The van der Waals surface area contributed by atoms with Crippen molar-refractivity contribution in [2.45, 2.75) is 12.7 Å². The summed E-state index contributed by atoms with van der Waals surface area (Å²) >= 11 is 11.8. The quantitative estimate of drug-likeness (QED) is 0.808. The number of nitrogens with one attached hydrogen (secondary N) is 1. The predicted octanol–water partition coefficient (Wildman–Crippen LogP) is 3.98. The number of aliphatic hydroxyl groups is 1. The molecule has 21 heavy (non-hydrogen) atoms. The molecule has 2 aromatic rings. The molecule has 1 atom stereocenters. The molecule has 0 saturated carbocycles. The van der Waals surface area contributed by atoms with Crippen LogP contribution in [0.15, 0.2) is 48.5 Å². The molecule has 112 valence electrons. The van der Waals surface area contributed by atoms with Gasteiger partial charge in [0, 0.05) is 12.2 Å². The van der Waals surface area contributed by atoms with Crippen molar-refractivity contribution in [3.05, 3.63) is 64.1 Å². The Bertz CT molecular complexity index is 563. The van der Waals surface area contributed by atoms with Crippen LogP contribution in [0.3, 0.4) is 0 Å². The van der Waals surface area contributed by atoms with E-state index in [9.17, 15) is 5.11 Å². The fraction of sp³-hybridized carbons (Fsp3) is 0.250. The molecule has 0 aliphatic rings. The second-order valence-corrected chi connectivity index (χ2v) is 5.48. The normalized spacial score (nSPS) is 12.1. The highest BCUT2D eigenvalue weighted by Crippen LogP contribution is 2.24. The van der Waals surface area contributed by atoms with Crippen molar-refractivity contribution in [3.63, 3.8) is 0 Å². The highest BCUT2D eigenvalue weighted by Gasteiger charge is 2.05. The molecular weight excluding hydrogens is 309 g/mol. The molecule has 0 fully saturated rings. The summed E-state index contributed by atoms with van der Waals surface area (Å²) in [6.07, 6.45) is -0.594. The van der Waals surface area contributed by atoms with Crippen LogP contribution in [-0.4, -0.2) is 24.4 Å². The van der Waals surface area contributed by atoms with E-state index in [1.807, 2.05) is 36.4 Å². The number of rotatable bonds is 7. The molecule has 0 amide bonds. The van der Waals surface area contributed by atoms with Gasteiger partial charge in [-0.15, -0.1) is 0 Å². The van der Waals surface area contributed by atoms with Crippen molar-refractivity contribution in [2.75, 3.05) is 18.5 Å². The van der Waals surface area contributed by atoms with Gasteiger partial charge in [-0.05, 0) is 23.8 Å². The van der Waals surface area contributed by atoms with Gasteiger partial charge in [0.2, 0.25) is 0 Å². The summed E-state index contributed by atoms with van der Waals surface area (Å²) in [7, 11) is 0. The van der Waals surface area contributed by atoms with Gasteiger partial charge >= 0.3 is 0 Å². The second-order valence-electron chi connectivity index (χ2n) is 4.66. The van der Waals surface area contributed by atoms with E-state index in [-0.39, 0.29) is 6.61 Å². The summed E-state index contributed by atoms with van der Waals surface area (Å²) in [6, 6.07) is 15.1. The van der Waals surface area contributed by atoms with Crippen LogP contribution >= 0.6 is 23.2 Å². The van der Waals surface area contributed by atoms with E-state index in [1.54, 1.807) is 12.1 Å². The number of ether oxygens (including phenoxy) is 1. The zero-order valence-electron chi connectivity index (χ0n) is 11.4. The predicted molar refractivity (Wildman–Crippen MR) is 87.1 cm³/mol. The van der Waals surface area contributed by atoms with Crippen molar-refractivity contribution < 1.29 is 9.84 Å². The Balaban J connectivity index is 1.69. The van der Waals surface area contributed by atoms with Crippen LogP contribution in [-0.2, 0) is 11.3 Å². The van der Waals surface area contributed by atoms with E-state index >= 15 is 0 Å². The average molecular weight is 326 g/mol. The average Bonchev–Trinajstić information content (AvgIpc) is 2.49. The molecule has 2 aromatic carbocycles. The van der Waals surface area contributed by atoms with Crippen LogP contribution in [0.2, 0.25) is 10.0 Å². The van der Waals surface area contributed by atoms with Gasteiger partial charge in [-0.2, -0.15) is 0 Å². The van der Waals surface area contributed by atoms with Gasteiger partial charge in [-0.1, -0.05) is 53.5 Å². The lowest BCUT2D eigenvalue weighted by molar-refractivity contribution is 0.0348. The van der Waals surface area contributed by atoms with Gasteiger partial charge in [-0.25, -0.2) is 0 Å². The van der Waals surface area contributed by atoms with Crippen LogP contribution in [0.5, 0.6) is 0 Å². The molecule has 0 aromatic heterocycles. The van der Waals surface area contributed by atoms with Crippen molar-refractivity contribution in [3.8, 4) is 0 Å². The Labute approximate surface area is 134 Å². The number of hydrogen-bond acceptors (Lipinski definition) is 3. The first kappa shape index (κ1) is 16.1. The first-order valence-electron chi connectivity index (χ1n) is 6.64. The highest BCUT2D eigenvalue weighted by atomic mass is 35.5. The summed E-state index contributed by atoms with van der Waals surface area (Å²) < 4.78 is 5.48. The third-order valence-electron chi connectivity index (χ3n) is 2.88. The molecular formula is C16H17Cl2NO2. The highest BCUT2D eigenvalue weighted by molar-refractivity contribution is 6.42. The zero-order valence-corrected chi connectivity index (χ0v) is 12.9. The van der Waals surface area contributed by atoms with Crippen LogP contribution in [0.1, 0.15) is 5.56 Å². The minimum atomic E-state index is -0.594. The fourth-order valence-corrected chi connectivity index (χ4v) is 2.09. The lowest BCUT2D eigenvalue weighted by Gasteiger charge is -2.13. The minimum Gasteiger partial charge on any atom is -0.389 e.